The van der Waals surface area contributed by atoms with Crippen molar-refractivity contribution in [3.63, 3.8) is 0 Å². The van der Waals surface area contributed by atoms with Crippen molar-refractivity contribution in [3.8, 4) is 0 Å². The van der Waals surface area contributed by atoms with E-state index in [-0.39, 0.29) is 0 Å². The van der Waals surface area contributed by atoms with Gasteiger partial charge in [-0.2, -0.15) is 0 Å². The fraction of sp³-hybridized carbons (Fsp3) is 0.625. The molecule has 0 atom stereocenters. The van der Waals surface area contributed by atoms with Gasteiger partial charge in [0.2, 0.25) is 0 Å². The summed E-state index contributed by atoms with van der Waals surface area (Å²) >= 11 is 7.26. The number of halogens is 2. The van der Waals surface area contributed by atoms with Gasteiger partial charge in [0.25, 0.3) is 0 Å². The molecule has 1 saturated carbocycles. The van der Waals surface area contributed by atoms with Crippen molar-refractivity contribution < 1.29 is 0 Å². The molecule has 1 aliphatic rings. The molecule has 0 saturated heterocycles. The third kappa shape index (κ3) is 3.98. The maximum atomic E-state index is 3.63. The molecule has 0 radical (unpaired) electrons. The number of hydrogen-bond donors (Lipinski definition) is 0. The van der Waals surface area contributed by atoms with Crippen molar-refractivity contribution >= 4 is 37.5 Å². The lowest BCUT2D eigenvalue weighted by atomic mass is 10.1. The van der Waals surface area contributed by atoms with Gasteiger partial charge in [0.15, 0.2) is 0 Å². The maximum Gasteiger partial charge on any atom is 0.0421 e. The summed E-state index contributed by atoms with van der Waals surface area (Å²) in [6.07, 6.45) is 5.47. The predicted octanol–water partition coefficient (Wildman–Crippen LogP) is 5.75. The van der Waals surface area contributed by atoms with E-state index in [1.165, 1.54) is 41.4 Å². The van der Waals surface area contributed by atoms with E-state index >= 15 is 0 Å². The molecule has 3 heteroatoms. The Morgan fingerprint density at radius 3 is 2.53 bits per heavy atom. The molecule has 19 heavy (non-hydrogen) atoms. The van der Waals surface area contributed by atoms with Crippen LogP contribution in [0.2, 0.25) is 0 Å². The molecule has 106 valence electrons. The van der Waals surface area contributed by atoms with Crippen LogP contribution >= 0.6 is 31.9 Å². The van der Waals surface area contributed by atoms with E-state index in [0.717, 1.165) is 17.9 Å². The number of anilines is 1. The monoisotopic (exact) mass is 387 g/mol. The maximum absolute atomic E-state index is 3.63. The first-order valence-electron chi connectivity index (χ1n) is 7.23. The summed E-state index contributed by atoms with van der Waals surface area (Å²) in [5.41, 5.74) is 2.81. The Morgan fingerprint density at radius 1 is 1.26 bits per heavy atom. The van der Waals surface area contributed by atoms with E-state index in [1.54, 1.807) is 0 Å². The SMILES string of the molecule is CC(C)CN(c1cc(Br)ccc1CBr)C1CCCC1. The standard InChI is InChI=1S/C16H23Br2N/c1-12(2)11-19(15-5-3-4-6-15)16-9-14(18)8-7-13(16)10-17/h7-9,12,15H,3-6,10-11H2,1-2H3. The number of rotatable bonds is 5. The molecule has 0 aliphatic heterocycles. The molecule has 0 amide bonds. The zero-order chi connectivity index (χ0) is 13.8. The molecule has 1 fully saturated rings. The Kier molecular flexibility index (Phi) is 5.76. The average Bonchev–Trinajstić information content (AvgIpc) is 2.89. The van der Waals surface area contributed by atoms with Gasteiger partial charge in [-0.3, -0.25) is 0 Å². The van der Waals surface area contributed by atoms with E-state index in [0.29, 0.717) is 5.92 Å². The van der Waals surface area contributed by atoms with E-state index < -0.39 is 0 Å². The number of benzene rings is 1. The van der Waals surface area contributed by atoms with Gasteiger partial charge >= 0.3 is 0 Å². The largest absolute Gasteiger partial charge is 0.368 e. The second-order valence-corrected chi connectivity index (χ2v) is 7.37. The van der Waals surface area contributed by atoms with Crippen molar-refractivity contribution in [1.29, 1.82) is 0 Å². The molecule has 1 aromatic rings. The van der Waals surface area contributed by atoms with E-state index in [1.807, 2.05) is 0 Å². The van der Waals surface area contributed by atoms with Gasteiger partial charge in [0.1, 0.15) is 0 Å². The third-order valence-corrected chi connectivity index (χ3v) is 4.93. The predicted molar refractivity (Wildman–Crippen MR) is 91.2 cm³/mol. The van der Waals surface area contributed by atoms with Crippen LogP contribution in [0.5, 0.6) is 0 Å². The summed E-state index contributed by atoms with van der Waals surface area (Å²) in [5.74, 6) is 0.697. The van der Waals surface area contributed by atoms with Crippen LogP contribution in [0.4, 0.5) is 5.69 Å². The summed E-state index contributed by atoms with van der Waals surface area (Å²) in [5, 5.41) is 0.928. The zero-order valence-electron chi connectivity index (χ0n) is 11.8. The van der Waals surface area contributed by atoms with Crippen molar-refractivity contribution in [2.75, 3.05) is 11.4 Å². The van der Waals surface area contributed by atoms with Gasteiger partial charge in [-0.15, -0.1) is 0 Å². The lowest BCUT2D eigenvalue weighted by Gasteiger charge is -2.34. The first kappa shape index (κ1) is 15.4. The van der Waals surface area contributed by atoms with Gasteiger partial charge in [-0.05, 0) is 36.5 Å². The second-order valence-electron chi connectivity index (χ2n) is 5.89. The highest BCUT2D eigenvalue weighted by Crippen LogP contribution is 2.33. The Hall–Kier alpha value is -0.0200. The zero-order valence-corrected chi connectivity index (χ0v) is 15.0. The highest BCUT2D eigenvalue weighted by molar-refractivity contribution is 9.10. The quantitative estimate of drug-likeness (QED) is 0.580. The first-order chi connectivity index (χ1) is 9.11. The fourth-order valence-electron chi connectivity index (χ4n) is 2.97. The van der Waals surface area contributed by atoms with Gasteiger partial charge < -0.3 is 4.90 Å². The van der Waals surface area contributed by atoms with Gasteiger partial charge in [-0.25, -0.2) is 0 Å². The molecule has 1 nitrogen and oxygen atoms in total. The Bertz CT molecular complexity index is 411. The second kappa shape index (κ2) is 7.12. The van der Waals surface area contributed by atoms with Crippen LogP contribution in [0.1, 0.15) is 45.1 Å². The Labute approximate surface area is 134 Å². The number of alkyl halides is 1. The number of hydrogen-bond acceptors (Lipinski definition) is 1. The van der Waals surface area contributed by atoms with Crippen molar-refractivity contribution in [3.05, 3.63) is 28.2 Å². The smallest absolute Gasteiger partial charge is 0.0421 e. The van der Waals surface area contributed by atoms with E-state index in [9.17, 15) is 0 Å². The van der Waals surface area contributed by atoms with E-state index in [2.05, 4.69) is 68.8 Å². The van der Waals surface area contributed by atoms with Gasteiger partial charge in [0, 0.05) is 28.1 Å². The highest BCUT2D eigenvalue weighted by Gasteiger charge is 2.25. The lowest BCUT2D eigenvalue weighted by Crippen LogP contribution is -2.36. The van der Waals surface area contributed by atoms with Gasteiger partial charge in [-0.1, -0.05) is 64.6 Å². The van der Waals surface area contributed by atoms with Crippen LogP contribution in [0.25, 0.3) is 0 Å². The lowest BCUT2D eigenvalue weighted by molar-refractivity contribution is 0.535. The molecule has 0 heterocycles. The summed E-state index contributed by atoms with van der Waals surface area (Å²) < 4.78 is 1.18. The first-order valence-corrected chi connectivity index (χ1v) is 9.14. The van der Waals surface area contributed by atoms with Crippen LogP contribution in [-0.2, 0) is 5.33 Å². The topological polar surface area (TPSA) is 3.24 Å². The molecular weight excluding hydrogens is 366 g/mol. The summed E-state index contributed by atoms with van der Waals surface area (Å²) in [6.45, 7) is 5.78. The minimum absolute atomic E-state index is 0.697. The van der Waals surface area contributed by atoms with Crippen molar-refractivity contribution in [2.24, 2.45) is 5.92 Å². The van der Waals surface area contributed by atoms with Crippen LogP contribution in [0.3, 0.4) is 0 Å². The Balaban J connectivity index is 2.32. The number of nitrogens with zero attached hydrogens (tertiary/aromatic N) is 1. The van der Waals surface area contributed by atoms with Crippen LogP contribution in [0, 0.1) is 5.92 Å². The molecule has 0 spiro atoms. The highest BCUT2D eigenvalue weighted by atomic mass is 79.9. The van der Waals surface area contributed by atoms with Crippen LogP contribution < -0.4 is 4.90 Å². The minimum Gasteiger partial charge on any atom is -0.368 e. The molecule has 0 aromatic heterocycles. The molecule has 0 N–H and O–H groups in total. The van der Waals surface area contributed by atoms with Crippen LogP contribution in [-0.4, -0.2) is 12.6 Å². The van der Waals surface area contributed by atoms with E-state index in [4.69, 9.17) is 0 Å². The molecule has 2 rings (SSSR count). The molecule has 0 bridgehead atoms. The van der Waals surface area contributed by atoms with Crippen molar-refractivity contribution in [2.45, 2.75) is 50.9 Å². The molecule has 0 unspecified atom stereocenters. The molecular formula is C16H23Br2N. The summed E-state index contributed by atoms with van der Waals surface area (Å²) in [4.78, 5) is 2.65. The Morgan fingerprint density at radius 2 is 1.95 bits per heavy atom. The third-order valence-electron chi connectivity index (χ3n) is 3.83. The fourth-order valence-corrected chi connectivity index (χ4v) is 3.79. The molecule has 1 aliphatic carbocycles. The summed E-state index contributed by atoms with van der Waals surface area (Å²) in [7, 11) is 0. The van der Waals surface area contributed by atoms with Gasteiger partial charge in [0.05, 0.1) is 0 Å². The minimum atomic E-state index is 0.697. The van der Waals surface area contributed by atoms with Crippen molar-refractivity contribution in [1.82, 2.24) is 0 Å². The van der Waals surface area contributed by atoms with Crippen LogP contribution in [0.15, 0.2) is 22.7 Å². The average molecular weight is 389 g/mol. The summed E-state index contributed by atoms with van der Waals surface area (Å²) in [6, 6.07) is 7.39. The molecule has 1 aromatic carbocycles. The normalized spacial score (nSPS) is 16.3.